The molecular weight excluding hydrogens is 280 g/mol. The molecule has 1 rings (SSSR count). The molecule has 0 aliphatic rings. The number of benzene rings is 1. The molecule has 0 saturated carbocycles. The van der Waals surface area contributed by atoms with Gasteiger partial charge in [-0.25, -0.2) is 4.79 Å². The second-order valence-corrected chi connectivity index (χ2v) is 5.99. The third-order valence-corrected chi connectivity index (χ3v) is 2.77. The number of carbonyl (C=O) groups is 1. The van der Waals surface area contributed by atoms with Gasteiger partial charge in [0.05, 0.1) is 6.04 Å². The van der Waals surface area contributed by atoms with Crippen molar-refractivity contribution >= 4 is 17.7 Å². The third kappa shape index (κ3) is 6.03. The van der Waals surface area contributed by atoms with Crippen LogP contribution in [0.2, 0.25) is 0 Å². The van der Waals surface area contributed by atoms with Crippen molar-refractivity contribution in [2.45, 2.75) is 46.3 Å². The van der Waals surface area contributed by atoms with Gasteiger partial charge in [-0.1, -0.05) is 18.2 Å². The smallest absolute Gasteiger partial charge is 0.408 e. The fourth-order valence-corrected chi connectivity index (χ4v) is 1.91. The SMILES string of the molecule is CCNC(=N)Nc1ccccc1C(C)NC(=O)OC(C)(C)C. The van der Waals surface area contributed by atoms with Gasteiger partial charge in [-0.3, -0.25) is 5.41 Å². The van der Waals surface area contributed by atoms with Gasteiger partial charge in [0.2, 0.25) is 0 Å². The first kappa shape index (κ1) is 17.8. The average molecular weight is 306 g/mol. The molecule has 1 atom stereocenters. The fourth-order valence-electron chi connectivity index (χ4n) is 1.91. The number of hydrogen-bond donors (Lipinski definition) is 4. The molecule has 122 valence electrons. The zero-order valence-corrected chi connectivity index (χ0v) is 13.9. The summed E-state index contributed by atoms with van der Waals surface area (Å²) in [6.07, 6.45) is -0.462. The monoisotopic (exact) mass is 306 g/mol. The first-order valence-corrected chi connectivity index (χ1v) is 7.41. The molecule has 6 nitrogen and oxygen atoms in total. The van der Waals surface area contributed by atoms with E-state index in [0.717, 1.165) is 11.3 Å². The Morgan fingerprint density at radius 3 is 2.55 bits per heavy atom. The van der Waals surface area contributed by atoms with Crippen molar-refractivity contribution in [2.75, 3.05) is 11.9 Å². The van der Waals surface area contributed by atoms with Gasteiger partial charge in [0.1, 0.15) is 5.60 Å². The van der Waals surface area contributed by atoms with Crippen LogP contribution < -0.4 is 16.0 Å². The number of guanidine groups is 1. The highest BCUT2D eigenvalue weighted by molar-refractivity contribution is 5.92. The standard InChI is InChI=1S/C16H26N4O2/c1-6-18-14(17)20-13-10-8-7-9-12(13)11(2)19-15(21)22-16(3,4)5/h7-11H,6H2,1-5H3,(H,19,21)(H3,17,18,20). The Morgan fingerprint density at radius 1 is 1.32 bits per heavy atom. The van der Waals surface area contributed by atoms with Crippen LogP contribution in [0.5, 0.6) is 0 Å². The van der Waals surface area contributed by atoms with Crippen LogP contribution in [0.15, 0.2) is 24.3 Å². The number of amides is 1. The van der Waals surface area contributed by atoms with Crippen LogP contribution in [-0.4, -0.2) is 24.2 Å². The van der Waals surface area contributed by atoms with Gasteiger partial charge in [-0.05, 0) is 46.2 Å². The van der Waals surface area contributed by atoms with Gasteiger partial charge in [0.15, 0.2) is 5.96 Å². The molecule has 1 aromatic carbocycles. The highest BCUT2D eigenvalue weighted by Crippen LogP contribution is 2.22. The van der Waals surface area contributed by atoms with E-state index in [1.807, 2.05) is 58.9 Å². The Hall–Kier alpha value is -2.24. The maximum atomic E-state index is 11.9. The zero-order chi connectivity index (χ0) is 16.8. The zero-order valence-electron chi connectivity index (χ0n) is 13.9. The predicted octanol–water partition coefficient (Wildman–Crippen LogP) is 3.23. The molecule has 1 amide bonds. The lowest BCUT2D eigenvalue weighted by molar-refractivity contribution is 0.0508. The molecule has 0 aliphatic carbocycles. The van der Waals surface area contributed by atoms with Crippen LogP contribution >= 0.6 is 0 Å². The number of anilines is 1. The number of rotatable bonds is 4. The first-order chi connectivity index (χ1) is 10.2. The normalized spacial score (nSPS) is 12.2. The van der Waals surface area contributed by atoms with E-state index in [0.29, 0.717) is 6.54 Å². The molecule has 0 aromatic heterocycles. The Bertz CT molecular complexity index is 523. The van der Waals surface area contributed by atoms with Gasteiger partial charge >= 0.3 is 6.09 Å². The summed E-state index contributed by atoms with van der Waals surface area (Å²) in [4.78, 5) is 11.9. The van der Waals surface area contributed by atoms with E-state index in [9.17, 15) is 4.79 Å². The van der Waals surface area contributed by atoms with Crippen LogP contribution in [0.25, 0.3) is 0 Å². The molecule has 0 radical (unpaired) electrons. The number of hydrogen-bond acceptors (Lipinski definition) is 3. The molecule has 1 aromatic rings. The van der Waals surface area contributed by atoms with Gasteiger partial charge in [-0.15, -0.1) is 0 Å². The molecule has 22 heavy (non-hydrogen) atoms. The molecule has 4 N–H and O–H groups in total. The molecule has 0 saturated heterocycles. The summed E-state index contributed by atoms with van der Waals surface area (Å²) in [5.74, 6) is 0.222. The fraction of sp³-hybridized carbons (Fsp3) is 0.500. The van der Waals surface area contributed by atoms with E-state index in [4.69, 9.17) is 10.1 Å². The number of ether oxygens (including phenoxy) is 1. The summed E-state index contributed by atoms with van der Waals surface area (Å²) >= 11 is 0. The van der Waals surface area contributed by atoms with Crippen molar-refractivity contribution in [3.05, 3.63) is 29.8 Å². The van der Waals surface area contributed by atoms with E-state index in [-0.39, 0.29) is 12.0 Å². The summed E-state index contributed by atoms with van der Waals surface area (Å²) in [5, 5.41) is 16.5. The Morgan fingerprint density at radius 2 is 1.95 bits per heavy atom. The minimum Gasteiger partial charge on any atom is -0.444 e. The molecule has 1 unspecified atom stereocenters. The van der Waals surface area contributed by atoms with E-state index >= 15 is 0 Å². The van der Waals surface area contributed by atoms with Crippen molar-refractivity contribution < 1.29 is 9.53 Å². The van der Waals surface area contributed by atoms with Gasteiger partial charge in [0.25, 0.3) is 0 Å². The largest absolute Gasteiger partial charge is 0.444 e. The summed E-state index contributed by atoms with van der Waals surface area (Å²) in [6, 6.07) is 7.31. The first-order valence-electron chi connectivity index (χ1n) is 7.41. The minimum atomic E-state index is -0.533. The van der Waals surface area contributed by atoms with Crippen LogP contribution in [0.3, 0.4) is 0 Å². The highest BCUT2D eigenvalue weighted by Gasteiger charge is 2.19. The molecule has 0 spiro atoms. The van der Waals surface area contributed by atoms with Gasteiger partial charge < -0.3 is 20.7 Å². The number of alkyl carbamates (subject to hydrolysis) is 1. The third-order valence-electron chi connectivity index (χ3n) is 2.77. The summed E-state index contributed by atoms with van der Waals surface area (Å²) < 4.78 is 5.26. The lowest BCUT2D eigenvalue weighted by atomic mass is 10.1. The van der Waals surface area contributed by atoms with E-state index in [1.165, 1.54) is 0 Å². The lowest BCUT2D eigenvalue weighted by Crippen LogP contribution is -2.34. The molecule has 0 heterocycles. The van der Waals surface area contributed by atoms with Crippen LogP contribution in [-0.2, 0) is 4.74 Å². The van der Waals surface area contributed by atoms with Crippen LogP contribution in [0.1, 0.15) is 46.2 Å². The second kappa shape index (κ2) is 7.68. The Balaban J connectivity index is 2.78. The maximum absolute atomic E-state index is 11.9. The predicted molar refractivity (Wildman–Crippen MR) is 89.3 cm³/mol. The van der Waals surface area contributed by atoms with E-state index < -0.39 is 11.7 Å². The minimum absolute atomic E-state index is 0.222. The summed E-state index contributed by atoms with van der Waals surface area (Å²) in [6.45, 7) is 9.94. The second-order valence-electron chi connectivity index (χ2n) is 5.99. The van der Waals surface area contributed by atoms with E-state index in [2.05, 4.69) is 16.0 Å². The maximum Gasteiger partial charge on any atom is 0.408 e. The highest BCUT2D eigenvalue weighted by atomic mass is 16.6. The number of carbonyl (C=O) groups excluding carboxylic acids is 1. The van der Waals surface area contributed by atoms with Crippen molar-refractivity contribution in [3.8, 4) is 0 Å². The van der Waals surface area contributed by atoms with Crippen LogP contribution in [0.4, 0.5) is 10.5 Å². The number of nitrogens with one attached hydrogen (secondary N) is 4. The van der Waals surface area contributed by atoms with Crippen molar-refractivity contribution in [2.24, 2.45) is 0 Å². The molecule has 0 fully saturated rings. The van der Waals surface area contributed by atoms with E-state index in [1.54, 1.807) is 0 Å². The van der Waals surface area contributed by atoms with Crippen LogP contribution in [0, 0.1) is 5.41 Å². The molecule has 0 aliphatic heterocycles. The average Bonchev–Trinajstić information content (AvgIpc) is 2.37. The van der Waals surface area contributed by atoms with Gasteiger partial charge in [0, 0.05) is 12.2 Å². The van der Waals surface area contributed by atoms with Crippen molar-refractivity contribution in [1.29, 1.82) is 5.41 Å². The molecular formula is C16H26N4O2. The lowest BCUT2D eigenvalue weighted by Gasteiger charge is -2.23. The molecule has 6 heteroatoms. The topological polar surface area (TPSA) is 86.2 Å². The number of para-hydroxylation sites is 1. The summed E-state index contributed by atoms with van der Waals surface area (Å²) in [5.41, 5.74) is 1.13. The van der Waals surface area contributed by atoms with Crippen molar-refractivity contribution in [3.63, 3.8) is 0 Å². The summed E-state index contributed by atoms with van der Waals surface area (Å²) in [7, 11) is 0. The Labute approximate surface area is 132 Å². The quantitative estimate of drug-likeness (QED) is 0.508. The van der Waals surface area contributed by atoms with Gasteiger partial charge in [-0.2, -0.15) is 0 Å². The van der Waals surface area contributed by atoms with Crippen molar-refractivity contribution in [1.82, 2.24) is 10.6 Å². The molecule has 0 bridgehead atoms. The Kier molecular flexibility index (Phi) is 6.22.